The van der Waals surface area contributed by atoms with Gasteiger partial charge in [0.25, 0.3) is 0 Å². The maximum Gasteiger partial charge on any atom is 0.195 e. The molecule has 0 spiro atoms. The first-order chi connectivity index (χ1) is 8.16. The average Bonchev–Trinajstić information content (AvgIpc) is 3.04. The van der Waals surface area contributed by atoms with Gasteiger partial charge in [-0.3, -0.25) is 5.10 Å². The maximum absolute atomic E-state index is 5.43. The van der Waals surface area contributed by atoms with E-state index in [4.69, 9.17) is 12.2 Å². The maximum atomic E-state index is 5.43. The Morgan fingerprint density at radius 3 is 2.65 bits per heavy atom. The monoisotopic (exact) mass is 251 g/mol. The lowest BCUT2D eigenvalue weighted by atomic mass is 9.79. The molecule has 2 fully saturated rings. The Morgan fingerprint density at radius 2 is 2.00 bits per heavy atom. The minimum Gasteiger partial charge on any atom is -0.301 e. The normalized spacial score (nSPS) is 33.9. The quantitative estimate of drug-likeness (QED) is 0.811. The van der Waals surface area contributed by atoms with Crippen molar-refractivity contribution in [3.63, 3.8) is 0 Å². The molecule has 2 aliphatic carbocycles. The minimum atomic E-state index is 0.577. The van der Waals surface area contributed by atoms with E-state index in [1.54, 1.807) is 0 Å². The summed E-state index contributed by atoms with van der Waals surface area (Å²) in [7, 11) is 0. The molecule has 1 aromatic heterocycles. The van der Waals surface area contributed by atoms with Crippen molar-refractivity contribution in [2.24, 2.45) is 11.8 Å². The van der Waals surface area contributed by atoms with Gasteiger partial charge in [-0.15, -0.1) is 0 Å². The van der Waals surface area contributed by atoms with E-state index < -0.39 is 0 Å². The molecular formula is C13H21N3S. The van der Waals surface area contributed by atoms with Crippen LogP contribution >= 0.6 is 12.2 Å². The van der Waals surface area contributed by atoms with Gasteiger partial charge in [0.1, 0.15) is 5.82 Å². The second-order valence-electron chi connectivity index (χ2n) is 5.99. The number of rotatable bonds is 2. The van der Waals surface area contributed by atoms with Crippen LogP contribution in [0.15, 0.2) is 0 Å². The Morgan fingerprint density at radius 1 is 1.24 bits per heavy atom. The van der Waals surface area contributed by atoms with E-state index in [1.165, 1.54) is 37.9 Å². The van der Waals surface area contributed by atoms with Crippen LogP contribution in [0.5, 0.6) is 0 Å². The summed E-state index contributed by atoms with van der Waals surface area (Å²) in [6.45, 7) is 4.73. The second kappa shape index (κ2) is 4.23. The van der Waals surface area contributed by atoms with Gasteiger partial charge in [0, 0.05) is 12.0 Å². The molecule has 1 heterocycles. The summed E-state index contributed by atoms with van der Waals surface area (Å²) >= 11 is 5.43. The van der Waals surface area contributed by atoms with Crippen molar-refractivity contribution in [3.8, 4) is 0 Å². The molecule has 1 aromatic rings. The number of H-pyrrole nitrogens is 1. The summed E-state index contributed by atoms with van der Waals surface area (Å²) in [6.07, 6.45) is 6.48. The highest BCUT2D eigenvalue weighted by Crippen LogP contribution is 2.43. The number of nitrogens with zero attached hydrogens (tertiary/aromatic N) is 2. The molecule has 3 unspecified atom stereocenters. The van der Waals surface area contributed by atoms with Gasteiger partial charge < -0.3 is 4.57 Å². The molecule has 0 amide bonds. The van der Waals surface area contributed by atoms with Crippen LogP contribution in [0.1, 0.15) is 63.7 Å². The van der Waals surface area contributed by atoms with Crippen LogP contribution in [0, 0.1) is 16.6 Å². The summed E-state index contributed by atoms with van der Waals surface area (Å²) in [6, 6.07) is 0.577. The predicted octanol–water partition coefficient (Wildman–Crippen LogP) is 3.82. The second-order valence-corrected chi connectivity index (χ2v) is 6.38. The van der Waals surface area contributed by atoms with E-state index in [1.807, 2.05) is 0 Å². The molecule has 17 heavy (non-hydrogen) atoms. The first-order valence-electron chi connectivity index (χ1n) is 6.83. The number of nitrogens with one attached hydrogen (secondary N) is 1. The summed E-state index contributed by atoms with van der Waals surface area (Å²) in [5.41, 5.74) is 0. The molecule has 0 bridgehead atoms. The molecule has 0 aromatic carbocycles. The highest BCUT2D eigenvalue weighted by molar-refractivity contribution is 7.71. The Bertz CT molecular complexity index is 457. The average molecular weight is 251 g/mol. The first-order valence-corrected chi connectivity index (χ1v) is 7.24. The van der Waals surface area contributed by atoms with Crippen LogP contribution in [0.3, 0.4) is 0 Å². The molecule has 94 valence electrons. The van der Waals surface area contributed by atoms with Crippen molar-refractivity contribution in [1.29, 1.82) is 0 Å². The predicted molar refractivity (Wildman–Crippen MR) is 70.6 cm³/mol. The molecule has 3 atom stereocenters. The number of aromatic nitrogens is 3. The van der Waals surface area contributed by atoms with Gasteiger partial charge >= 0.3 is 0 Å². The van der Waals surface area contributed by atoms with Gasteiger partial charge in [-0.2, -0.15) is 5.10 Å². The lowest BCUT2D eigenvalue weighted by Gasteiger charge is -2.34. The highest BCUT2D eigenvalue weighted by atomic mass is 32.1. The molecular weight excluding hydrogens is 230 g/mol. The van der Waals surface area contributed by atoms with Crippen LogP contribution < -0.4 is 0 Å². The summed E-state index contributed by atoms with van der Waals surface area (Å²) in [5.74, 6) is 3.49. The molecule has 0 aliphatic heterocycles. The highest BCUT2D eigenvalue weighted by Gasteiger charge is 2.34. The standard InChI is InChI=1S/C13H21N3S/c1-8-3-6-11(9(2)7-8)16-12(10-4-5-10)14-15-13(16)17/h8-11H,3-7H2,1-2H3,(H,15,17). The molecule has 2 saturated carbocycles. The van der Waals surface area contributed by atoms with Crippen molar-refractivity contribution in [1.82, 2.24) is 14.8 Å². The van der Waals surface area contributed by atoms with Crippen LogP contribution in [0.2, 0.25) is 0 Å². The van der Waals surface area contributed by atoms with Gasteiger partial charge in [0.15, 0.2) is 4.77 Å². The number of aromatic amines is 1. The smallest absolute Gasteiger partial charge is 0.195 e. The van der Waals surface area contributed by atoms with E-state index in [9.17, 15) is 0 Å². The largest absolute Gasteiger partial charge is 0.301 e. The van der Waals surface area contributed by atoms with Crippen LogP contribution in [0.4, 0.5) is 0 Å². The van der Waals surface area contributed by atoms with Crippen molar-refractivity contribution >= 4 is 12.2 Å². The topological polar surface area (TPSA) is 33.6 Å². The molecule has 4 heteroatoms. The zero-order valence-corrected chi connectivity index (χ0v) is 11.5. The lowest BCUT2D eigenvalue weighted by molar-refractivity contribution is 0.202. The van der Waals surface area contributed by atoms with Gasteiger partial charge in [0.05, 0.1) is 0 Å². The minimum absolute atomic E-state index is 0.577. The molecule has 0 saturated heterocycles. The van der Waals surface area contributed by atoms with Crippen molar-refractivity contribution in [3.05, 3.63) is 10.6 Å². The fourth-order valence-corrected chi connectivity index (χ4v) is 3.57. The molecule has 2 aliphatic rings. The molecule has 3 nitrogen and oxygen atoms in total. The van der Waals surface area contributed by atoms with Crippen molar-refractivity contribution < 1.29 is 0 Å². The zero-order valence-electron chi connectivity index (χ0n) is 10.6. The first kappa shape index (κ1) is 11.5. The number of hydrogen-bond acceptors (Lipinski definition) is 2. The van der Waals surface area contributed by atoms with Gasteiger partial charge in [-0.05, 0) is 56.2 Å². The van der Waals surface area contributed by atoms with E-state index in [0.29, 0.717) is 12.0 Å². The fourth-order valence-electron chi connectivity index (χ4n) is 3.30. The van der Waals surface area contributed by atoms with Gasteiger partial charge in [-0.25, -0.2) is 0 Å². The zero-order chi connectivity index (χ0) is 12.0. The van der Waals surface area contributed by atoms with Crippen LogP contribution in [-0.2, 0) is 0 Å². The van der Waals surface area contributed by atoms with Gasteiger partial charge in [0.2, 0.25) is 0 Å². The van der Waals surface area contributed by atoms with Crippen LogP contribution in [-0.4, -0.2) is 14.8 Å². The van der Waals surface area contributed by atoms with Crippen LogP contribution in [0.25, 0.3) is 0 Å². The Balaban J connectivity index is 1.92. The fraction of sp³-hybridized carbons (Fsp3) is 0.846. The third-order valence-electron chi connectivity index (χ3n) is 4.39. The summed E-state index contributed by atoms with van der Waals surface area (Å²) in [5, 5.41) is 7.46. The van der Waals surface area contributed by atoms with Crippen molar-refractivity contribution in [2.45, 2.75) is 57.9 Å². The number of hydrogen-bond donors (Lipinski definition) is 1. The Labute approximate surface area is 108 Å². The Hall–Kier alpha value is -0.640. The SMILES string of the molecule is CC1CCC(n2c(C3CC3)n[nH]c2=S)C(C)C1. The van der Waals surface area contributed by atoms with E-state index in [2.05, 4.69) is 28.6 Å². The third kappa shape index (κ3) is 2.07. The summed E-state index contributed by atoms with van der Waals surface area (Å²) < 4.78 is 3.17. The molecule has 3 rings (SSSR count). The molecule has 1 N–H and O–H groups in total. The van der Waals surface area contributed by atoms with E-state index >= 15 is 0 Å². The third-order valence-corrected chi connectivity index (χ3v) is 4.68. The van der Waals surface area contributed by atoms with Gasteiger partial charge in [-0.1, -0.05) is 13.8 Å². The summed E-state index contributed by atoms with van der Waals surface area (Å²) in [4.78, 5) is 0. The van der Waals surface area contributed by atoms with E-state index in [-0.39, 0.29) is 0 Å². The lowest BCUT2D eigenvalue weighted by Crippen LogP contribution is -2.26. The Kier molecular flexibility index (Phi) is 2.85. The van der Waals surface area contributed by atoms with Crippen molar-refractivity contribution in [2.75, 3.05) is 0 Å². The molecule has 0 radical (unpaired) electrons. The van der Waals surface area contributed by atoms with E-state index in [0.717, 1.165) is 16.6 Å².